The highest BCUT2D eigenvalue weighted by Gasteiger charge is 2.35. The van der Waals surface area contributed by atoms with Gasteiger partial charge in [-0.05, 0) is 32.9 Å². The molecule has 0 saturated carbocycles. The quantitative estimate of drug-likeness (QED) is 0.370. The molecule has 1 atom stereocenters. The first-order chi connectivity index (χ1) is 16.1. The van der Waals surface area contributed by atoms with Crippen molar-refractivity contribution in [3.63, 3.8) is 0 Å². The normalized spacial score (nSPS) is 16.3. The number of fused-ring (bicyclic) bond motifs is 1. The maximum atomic E-state index is 14.7. The van der Waals surface area contributed by atoms with Crippen LogP contribution >= 0.6 is 11.6 Å². The number of benzene rings is 1. The van der Waals surface area contributed by atoms with E-state index < -0.39 is 23.6 Å². The van der Waals surface area contributed by atoms with E-state index in [9.17, 15) is 17.6 Å². The number of aromatic nitrogens is 3. The number of halogens is 5. The molecule has 1 saturated heterocycles. The Hall–Kier alpha value is -2.72. The maximum Gasteiger partial charge on any atom is 0.419 e. The lowest BCUT2D eigenvalue weighted by atomic mass is 10.0. The van der Waals surface area contributed by atoms with Crippen molar-refractivity contribution in [2.24, 2.45) is 0 Å². The van der Waals surface area contributed by atoms with E-state index >= 15 is 0 Å². The van der Waals surface area contributed by atoms with E-state index in [1.165, 1.54) is 18.5 Å². The van der Waals surface area contributed by atoms with Crippen molar-refractivity contribution >= 4 is 34.1 Å². The van der Waals surface area contributed by atoms with Crippen LogP contribution < -0.4 is 10.2 Å². The molecule has 182 valence electrons. The summed E-state index contributed by atoms with van der Waals surface area (Å²) in [5.74, 6) is -0.973. The molecular formula is C23H25ClF4N6. The largest absolute Gasteiger partial charge is 0.419 e. The molecular weight excluding hydrogens is 472 g/mol. The van der Waals surface area contributed by atoms with Gasteiger partial charge < -0.3 is 10.2 Å². The topological polar surface area (TPSA) is 57.2 Å². The minimum absolute atomic E-state index is 0.117. The zero-order chi connectivity index (χ0) is 24.6. The molecule has 11 heteroatoms. The monoisotopic (exact) mass is 496 g/mol. The lowest BCUT2D eigenvalue weighted by Crippen LogP contribution is -2.49. The molecule has 1 fully saturated rings. The van der Waals surface area contributed by atoms with E-state index in [4.69, 9.17) is 11.6 Å². The number of nitrogens with one attached hydrogen (secondary N) is 1. The summed E-state index contributed by atoms with van der Waals surface area (Å²) < 4.78 is 54.1. The lowest BCUT2D eigenvalue weighted by molar-refractivity contribution is -0.140. The average Bonchev–Trinajstić information content (AvgIpc) is 2.78. The first-order valence-electron chi connectivity index (χ1n) is 11.0. The second kappa shape index (κ2) is 9.50. The second-order valence-electron chi connectivity index (χ2n) is 8.58. The zero-order valence-electron chi connectivity index (χ0n) is 19.0. The van der Waals surface area contributed by atoms with Crippen molar-refractivity contribution < 1.29 is 17.6 Å². The van der Waals surface area contributed by atoms with Gasteiger partial charge in [-0.15, -0.1) is 0 Å². The third kappa shape index (κ3) is 4.88. The summed E-state index contributed by atoms with van der Waals surface area (Å²) in [4.78, 5) is 17.3. The zero-order valence-corrected chi connectivity index (χ0v) is 19.8. The number of hydrogen-bond donors (Lipinski definition) is 1. The molecule has 0 radical (unpaired) electrons. The number of hydrogen-bond acceptors (Lipinski definition) is 6. The fourth-order valence-corrected chi connectivity index (χ4v) is 4.41. The highest BCUT2D eigenvalue weighted by atomic mass is 35.5. The molecule has 0 unspecified atom stereocenters. The molecule has 34 heavy (non-hydrogen) atoms. The van der Waals surface area contributed by atoms with Crippen LogP contribution in [0.25, 0.3) is 11.0 Å². The fraction of sp³-hybridized carbons (Fsp3) is 0.435. The molecule has 0 spiro atoms. The Bertz CT molecular complexity index is 1180. The third-order valence-electron chi connectivity index (χ3n) is 6.10. The standard InChI is InChI=1S/C23H25ClF4N6/c1-13(2)33-7-9-34(10-8-33)18-11-16-21(29-12-30-22(16)32-20(18)24)31-14(3)15-5-4-6-17(19(15)25)23(26,27)28/h4-6,11-14H,7-10H2,1-3H3,(H,29,30,31,32)/t14-/m1/s1. The number of pyridine rings is 1. The van der Waals surface area contributed by atoms with Gasteiger partial charge in [0, 0.05) is 37.8 Å². The van der Waals surface area contributed by atoms with Crippen LogP contribution in [-0.4, -0.2) is 52.1 Å². The molecule has 4 rings (SSSR count). The van der Waals surface area contributed by atoms with Crippen molar-refractivity contribution in [3.8, 4) is 0 Å². The highest BCUT2D eigenvalue weighted by Crippen LogP contribution is 2.36. The van der Waals surface area contributed by atoms with E-state index in [-0.39, 0.29) is 5.56 Å². The van der Waals surface area contributed by atoms with Gasteiger partial charge in [0.15, 0.2) is 10.8 Å². The minimum Gasteiger partial charge on any atom is -0.366 e. The molecule has 0 bridgehead atoms. The predicted octanol–water partition coefficient (Wildman–Crippen LogP) is 5.54. The number of nitrogens with zero attached hydrogens (tertiary/aromatic N) is 5. The van der Waals surface area contributed by atoms with Crippen LogP contribution in [0.1, 0.15) is 37.9 Å². The van der Waals surface area contributed by atoms with Gasteiger partial charge in [0.2, 0.25) is 0 Å². The van der Waals surface area contributed by atoms with Crippen LogP contribution in [0.5, 0.6) is 0 Å². The van der Waals surface area contributed by atoms with Crippen molar-refractivity contribution in [2.75, 3.05) is 36.4 Å². The fourth-order valence-electron chi connectivity index (χ4n) is 4.16. The van der Waals surface area contributed by atoms with Crippen LogP contribution in [0.15, 0.2) is 30.6 Å². The van der Waals surface area contributed by atoms with Crippen molar-refractivity contribution in [1.82, 2.24) is 19.9 Å². The van der Waals surface area contributed by atoms with E-state index in [1.807, 2.05) is 6.07 Å². The summed E-state index contributed by atoms with van der Waals surface area (Å²) in [6.45, 7) is 9.19. The summed E-state index contributed by atoms with van der Waals surface area (Å²) in [7, 11) is 0. The van der Waals surface area contributed by atoms with Gasteiger partial charge in [0.25, 0.3) is 0 Å². The SMILES string of the molecule is CC(C)N1CCN(c2cc3c(N[C@H](C)c4cccc(C(F)(F)F)c4F)ncnc3nc2Cl)CC1. The van der Waals surface area contributed by atoms with Gasteiger partial charge in [-0.3, -0.25) is 4.90 Å². The Balaban J connectivity index is 1.65. The number of anilines is 2. The van der Waals surface area contributed by atoms with Crippen molar-refractivity contribution in [1.29, 1.82) is 0 Å². The Morgan fingerprint density at radius 3 is 2.41 bits per heavy atom. The summed E-state index contributed by atoms with van der Waals surface area (Å²) in [5, 5.41) is 3.88. The maximum absolute atomic E-state index is 14.7. The van der Waals surface area contributed by atoms with Crippen LogP contribution in [0, 0.1) is 5.82 Å². The molecule has 0 amide bonds. The van der Waals surface area contributed by atoms with Gasteiger partial charge in [-0.25, -0.2) is 19.3 Å². The van der Waals surface area contributed by atoms with Crippen molar-refractivity contribution in [3.05, 3.63) is 52.7 Å². The summed E-state index contributed by atoms with van der Waals surface area (Å²) in [6, 6.07) is 4.72. The molecule has 6 nitrogen and oxygen atoms in total. The summed E-state index contributed by atoms with van der Waals surface area (Å²) in [5.41, 5.74) is -0.354. The Labute approximate surface area is 200 Å². The number of rotatable bonds is 5. The average molecular weight is 497 g/mol. The molecule has 3 heterocycles. The summed E-state index contributed by atoms with van der Waals surface area (Å²) >= 11 is 6.47. The number of alkyl halides is 3. The van der Waals surface area contributed by atoms with Crippen LogP contribution in [-0.2, 0) is 6.18 Å². The Morgan fingerprint density at radius 2 is 1.76 bits per heavy atom. The Kier molecular flexibility index (Phi) is 6.82. The van der Waals surface area contributed by atoms with Crippen LogP contribution in [0.4, 0.5) is 29.1 Å². The number of piperazine rings is 1. The van der Waals surface area contributed by atoms with E-state index in [2.05, 4.69) is 43.9 Å². The van der Waals surface area contributed by atoms with E-state index in [1.54, 1.807) is 6.92 Å². The molecule has 1 aliphatic rings. The lowest BCUT2D eigenvalue weighted by Gasteiger charge is -2.38. The highest BCUT2D eigenvalue weighted by molar-refractivity contribution is 6.32. The van der Waals surface area contributed by atoms with E-state index in [0.29, 0.717) is 28.0 Å². The second-order valence-corrected chi connectivity index (χ2v) is 8.94. The minimum atomic E-state index is -4.78. The van der Waals surface area contributed by atoms with Gasteiger partial charge >= 0.3 is 6.18 Å². The van der Waals surface area contributed by atoms with Gasteiger partial charge in [0.1, 0.15) is 18.0 Å². The van der Waals surface area contributed by atoms with Gasteiger partial charge in [-0.1, -0.05) is 23.7 Å². The molecule has 3 aromatic rings. The Morgan fingerprint density at radius 1 is 1.06 bits per heavy atom. The molecule has 1 aromatic carbocycles. The third-order valence-corrected chi connectivity index (χ3v) is 6.38. The first kappa shape index (κ1) is 24.4. The molecule has 0 aliphatic carbocycles. The van der Waals surface area contributed by atoms with Gasteiger partial charge in [0.05, 0.1) is 22.7 Å². The first-order valence-corrected chi connectivity index (χ1v) is 11.4. The van der Waals surface area contributed by atoms with Crippen LogP contribution in [0.2, 0.25) is 5.15 Å². The van der Waals surface area contributed by atoms with Gasteiger partial charge in [-0.2, -0.15) is 13.2 Å². The van der Waals surface area contributed by atoms with Crippen LogP contribution in [0.3, 0.4) is 0 Å². The predicted molar refractivity (Wildman–Crippen MR) is 125 cm³/mol. The smallest absolute Gasteiger partial charge is 0.366 e. The molecule has 1 N–H and O–H groups in total. The van der Waals surface area contributed by atoms with Crippen molar-refractivity contribution in [2.45, 2.75) is 39.0 Å². The summed E-state index contributed by atoms with van der Waals surface area (Å²) in [6.07, 6.45) is -3.50. The molecule has 1 aliphatic heterocycles. The molecule has 2 aromatic heterocycles. The van der Waals surface area contributed by atoms with E-state index in [0.717, 1.165) is 37.9 Å².